The van der Waals surface area contributed by atoms with Gasteiger partial charge in [0, 0.05) is 12.6 Å². The molecule has 1 aliphatic heterocycles. The molecular formula is C14H27N3O3. The first-order valence-electron chi connectivity index (χ1n) is 7.28. The zero-order valence-electron chi connectivity index (χ0n) is 12.8. The van der Waals surface area contributed by atoms with E-state index in [2.05, 4.69) is 29.5 Å². The number of carbonyl (C=O) groups is 2. The molecule has 0 aliphatic carbocycles. The number of likely N-dealkylation sites (tertiary alicyclic amines) is 1. The van der Waals surface area contributed by atoms with Gasteiger partial charge in [0.2, 0.25) is 0 Å². The fraction of sp³-hybridized carbons (Fsp3) is 0.857. The van der Waals surface area contributed by atoms with Crippen molar-refractivity contribution in [1.82, 2.24) is 15.5 Å². The number of aliphatic carboxylic acids is 1. The van der Waals surface area contributed by atoms with Crippen LogP contribution in [0.5, 0.6) is 0 Å². The summed E-state index contributed by atoms with van der Waals surface area (Å²) in [5, 5.41) is 14.6. The summed E-state index contributed by atoms with van der Waals surface area (Å²) in [5.74, 6) is -0.392. The number of carbonyl (C=O) groups excluding carboxylic acids is 1. The summed E-state index contributed by atoms with van der Waals surface area (Å²) in [4.78, 5) is 25.3. The van der Waals surface area contributed by atoms with Crippen molar-refractivity contribution >= 4 is 12.0 Å². The number of hydrogen-bond donors (Lipinski definition) is 3. The number of urea groups is 1. The van der Waals surface area contributed by atoms with Crippen molar-refractivity contribution in [3.63, 3.8) is 0 Å². The summed E-state index contributed by atoms with van der Waals surface area (Å²) in [7, 11) is 2.07. The smallest absolute Gasteiger partial charge is 0.326 e. The average Bonchev–Trinajstić information content (AvgIpc) is 2.31. The number of carboxylic acids is 1. The Morgan fingerprint density at radius 2 is 2.05 bits per heavy atom. The Labute approximate surface area is 120 Å². The Balaban J connectivity index is 2.47. The second-order valence-corrected chi connectivity index (χ2v) is 6.27. The molecule has 1 saturated heterocycles. The summed E-state index contributed by atoms with van der Waals surface area (Å²) in [6.45, 7) is 7.87. The van der Waals surface area contributed by atoms with Crippen LogP contribution >= 0.6 is 0 Å². The minimum Gasteiger partial charge on any atom is -0.480 e. The van der Waals surface area contributed by atoms with Crippen molar-refractivity contribution in [3.8, 4) is 0 Å². The maximum atomic E-state index is 11.9. The lowest BCUT2D eigenvalue weighted by Gasteiger charge is -2.35. The number of nitrogens with one attached hydrogen (secondary N) is 2. The minimum absolute atomic E-state index is 0.111. The monoisotopic (exact) mass is 285 g/mol. The summed E-state index contributed by atoms with van der Waals surface area (Å²) in [6, 6.07) is -1.09. The van der Waals surface area contributed by atoms with E-state index in [1.54, 1.807) is 0 Å². The van der Waals surface area contributed by atoms with Gasteiger partial charge in [0.25, 0.3) is 0 Å². The number of carboxylic acid groups (broad SMARTS) is 1. The molecule has 0 bridgehead atoms. The van der Waals surface area contributed by atoms with Crippen molar-refractivity contribution in [2.75, 3.05) is 20.1 Å². The number of nitrogens with zero attached hydrogens (tertiary/aromatic N) is 1. The van der Waals surface area contributed by atoms with Gasteiger partial charge in [0.05, 0.1) is 0 Å². The molecule has 20 heavy (non-hydrogen) atoms. The highest BCUT2D eigenvalue weighted by Gasteiger charge is 2.27. The van der Waals surface area contributed by atoms with Gasteiger partial charge in [-0.05, 0) is 38.3 Å². The van der Waals surface area contributed by atoms with Gasteiger partial charge in [0.15, 0.2) is 0 Å². The second-order valence-electron chi connectivity index (χ2n) is 6.27. The highest BCUT2D eigenvalue weighted by molar-refractivity contribution is 5.82. The highest BCUT2D eigenvalue weighted by atomic mass is 16.4. The molecule has 1 rings (SSSR count). The topological polar surface area (TPSA) is 81.7 Å². The molecule has 1 fully saturated rings. The Bertz CT molecular complexity index is 347. The SMILES string of the molecule is CC(C)C[C@@H](NC(=O)NC1CCN(C)CC1C)C(=O)O. The van der Waals surface area contributed by atoms with Gasteiger partial charge >= 0.3 is 12.0 Å². The van der Waals surface area contributed by atoms with Crippen LogP contribution in [0.2, 0.25) is 0 Å². The molecule has 3 atom stereocenters. The van der Waals surface area contributed by atoms with Crippen molar-refractivity contribution in [3.05, 3.63) is 0 Å². The van der Waals surface area contributed by atoms with E-state index in [0.29, 0.717) is 12.3 Å². The van der Waals surface area contributed by atoms with Gasteiger partial charge in [0.1, 0.15) is 6.04 Å². The van der Waals surface area contributed by atoms with Crippen LogP contribution < -0.4 is 10.6 Å². The zero-order chi connectivity index (χ0) is 15.3. The lowest BCUT2D eigenvalue weighted by atomic mass is 9.94. The number of piperidine rings is 1. The van der Waals surface area contributed by atoms with E-state index >= 15 is 0 Å². The first-order chi connectivity index (χ1) is 9.29. The number of amides is 2. The van der Waals surface area contributed by atoms with E-state index in [1.165, 1.54) is 0 Å². The van der Waals surface area contributed by atoms with Gasteiger partial charge in [-0.15, -0.1) is 0 Å². The lowest BCUT2D eigenvalue weighted by Crippen LogP contribution is -2.54. The maximum Gasteiger partial charge on any atom is 0.326 e. The molecule has 0 aromatic heterocycles. The van der Waals surface area contributed by atoms with Crippen LogP contribution in [0, 0.1) is 11.8 Å². The molecule has 0 saturated carbocycles. The van der Waals surface area contributed by atoms with Crippen molar-refractivity contribution in [2.45, 2.75) is 45.7 Å². The van der Waals surface area contributed by atoms with Gasteiger partial charge in [-0.3, -0.25) is 0 Å². The first-order valence-corrected chi connectivity index (χ1v) is 7.28. The maximum absolute atomic E-state index is 11.9. The van der Waals surface area contributed by atoms with Crippen molar-refractivity contribution in [1.29, 1.82) is 0 Å². The first kappa shape index (κ1) is 16.8. The van der Waals surface area contributed by atoms with Crippen LogP contribution in [0.3, 0.4) is 0 Å². The third-order valence-electron chi connectivity index (χ3n) is 3.74. The molecular weight excluding hydrogens is 258 g/mol. The molecule has 0 aromatic rings. The largest absolute Gasteiger partial charge is 0.480 e. The second kappa shape index (κ2) is 7.47. The fourth-order valence-corrected chi connectivity index (χ4v) is 2.63. The molecule has 0 radical (unpaired) electrons. The van der Waals surface area contributed by atoms with E-state index in [0.717, 1.165) is 19.5 Å². The molecule has 116 valence electrons. The van der Waals surface area contributed by atoms with Gasteiger partial charge in [-0.2, -0.15) is 0 Å². The van der Waals surface area contributed by atoms with E-state index in [1.807, 2.05) is 13.8 Å². The van der Waals surface area contributed by atoms with Crippen LogP contribution in [0.25, 0.3) is 0 Å². The minimum atomic E-state index is -0.981. The molecule has 1 heterocycles. The molecule has 1 aliphatic rings. The molecule has 3 N–H and O–H groups in total. The Hall–Kier alpha value is -1.30. The van der Waals surface area contributed by atoms with E-state index in [4.69, 9.17) is 5.11 Å². The molecule has 2 amide bonds. The number of hydrogen-bond acceptors (Lipinski definition) is 3. The molecule has 0 aromatic carbocycles. The van der Waals surface area contributed by atoms with Crippen LogP contribution in [0.1, 0.15) is 33.6 Å². The van der Waals surface area contributed by atoms with Crippen LogP contribution in [-0.4, -0.2) is 54.2 Å². The van der Waals surface area contributed by atoms with Gasteiger partial charge in [-0.1, -0.05) is 20.8 Å². The third-order valence-corrected chi connectivity index (χ3v) is 3.74. The summed E-state index contributed by atoms with van der Waals surface area (Å²) in [6.07, 6.45) is 1.33. The van der Waals surface area contributed by atoms with Gasteiger partial charge < -0.3 is 20.6 Å². The van der Waals surface area contributed by atoms with E-state index in [9.17, 15) is 9.59 Å². The predicted octanol–water partition coefficient (Wildman–Crippen LogP) is 1.13. The average molecular weight is 285 g/mol. The Morgan fingerprint density at radius 1 is 1.40 bits per heavy atom. The van der Waals surface area contributed by atoms with Crippen molar-refractivity contribution in [2.24, 2.45) is 11.8 Å². The van der Waals surface area contributed by atoms with E-state index < -0.39 is 12.0 Å². The molecule has 6 heteroatoms. The van der Waals surface area contributed by atoms with Crippen LogP contribution in [-0.2, 0) is 4.79 Å². The zero-order valence-corrected chi connectivity index (χ0v) is 12.8. The van der Waals surface area contributed by atoms with Crippen LogP contribution in [0.15, 0.2) is 0 Å². The summed E-state index contributed by atoms with van der Waals surface area (Å²) >= 11 is 0. The molecule has 0 spiro atoms. The summed E-state index contributed by atoms with van der Waals surface area (Å²) in [5.41, 5.74) is 0. The summed E-state index contributed by atoms with van der Waals surface area (Å²) < 4.78 is 0. The standard InChI is InChI=1S/C14H27N3O3/c1-9(2)7-12(13(18)19)16-14(20)15-11-5-6-17(4)8-10(11)3/h9-12H,5-8H2,1-4H3,(H,18,19)(H2,15,16,20)/t10?,11?,12-/m1/s1. The van der Waals surface area contributed by atoms with Gasteiger partial charge in [-0.25, -0.2) is 9.59 Å². The van der Waals surface area contributed by atoms with E-state index in [-0.39, 0.29) is 18.0 Å². The lowest BCUT2D eigenvalue weighted by molar-refractivity contribution is -0.139. The normalized spacial score (nSPS) is 25.2. The van der Waals surface area contributed by atoms with Crippen LogP contribution in [0.4, 0.5) is 4.79 Å². The Morgan fingerprint density at radius 3 is 2.55 bits per heavy atom. The quantitative estimate of drug-likeness (QED) is 0.707. The van der Waals surface area contributed by atoms with Crippen molar-refractivity contribution < 1.29 is 14.7 Å². The number of rotatable bonds is 5. The third kappa shape index (κ3) is 5.36. The molecule has 2 unspecified atom stereocenters. The predicted molar refractivity (Wildman–Crippen MR) is 77.6 cm³/mol. The Kier molecular flexibility index (Phi) is 6.26. The molecule has 6 nitrogen and oxygen atoms in total. The highest BCUT2D eigenvalue weighted by Crippen LogP contribution is 2.15. The fourth-order valence-electron chi connectivity index (χ4n) is 2.63.